The number of phenols is 1. The lowest BCUT2D eigenvalue weighted by atomic mass is 9.49. The van der Waals surface area contributed by atoms with Gasteiger partial charge < -0.3 is 5.11 Å². The Kier molecular flexibility index (Phi) is 3.47. The Labute approximate surface area is 135 Å². The third-order valence-corrected chi connectivity index (χ3v) is 6.76. The maximum Gasteiger partial charge on any atom is 0.119 e. The number of benzene rings is 1. The summed E-state index contributed by atoms with van der Waals surface area (Å²) in [6.45, 7) is 13.9. The Bertz CT molecular complexity index is 623. The van der Waals surface area contributed by atoms with Gasteiger partial charge in [0, 0.05) is 5.41 Å². The molecule has 2 aliphatic rings. The number of fused-ring (bicyclic) bond motifs is 3. The van der Waals surface area contributed by atoms with E-state index in [0.717, 1.165) is 11.5 Å². The molecule has 1 N–H and O–H groups in total. The van der Waals surface area contributed by atoms with E-state index < -0.39 is 0 Å². The standard InChI is InChI=1S/C21H30O/c1-13(2)16-11-15-7-8-19-20(4,5)14(3)9-10-21(19,6)17(15)12-18(16)22/h7-8,11-14,19,22H,9-10H2,1-6H3/t14-,19+,21+/m0/s1. The molecule has 0 radical (unpaired) electrons. The molecule has 0 unspecified atom stereocenters. The third kappa shape index (κ3) is 2.05. The molecule has 1 aromatic carbocycles. The van der Waals surface area contributed by atoms with Gasteiger partial charge in [-0.25, -0.2) is 0 Å². The molecule has 1 aromatic rings. The fourth-order valence-corrected chi connectivity index (χ4v) is 4.85. The van der Waals surface area contributed by atoms with Crippen molar-refractivity contribution < 1.29 is 5.11 Å². The molecule has 2 aliphatic carbocycles. The van der Waals surface area contributed by atoms with Gasteiger partial charge in [-0.2, -0.15) is 0 Å². The van der Waals surface area contributed by atoms with Crippen molar-refractivity contribution in [3.8, 4) is 5.75 Å². The SMILES string of the molecule is CC(C)c1cc2c(cc1O)[C@@]1(C)CC[C@H](C)C(C)(C)[C@H]1C=C2. The predicted molar refractivity (Wildman–Crippen MR) is 94.3 cm³/mol. The monoisotopic (exact) mass is 298 g/mol. The van der Waals surface area contributed by atoms with Crippen LogP contribution < -0.4 is 0 Å². The number of phenolic OH excluding ortho intramolecular Hbond substituents is 1. The highest BCUT2D eigenvalue weighted by Gasteiger charge is 2.51. The van der Waals surface area contributed by atoms with Crippen LogP contribution in [0, 0.1) is 17.3 Å². The van der Waals surface area contributed by atoms with Crippen molar-refractivity contribution in [3.63, 3.8) is 0 Å². The zero-order chi connectivity index (χ0) is 16.3. The van der Waals surface area contributed by atoms with Crippen LogP contribution in [-0.2, 0) is 5.41 Å². The Morgan fingerprint density at radius 1 is 1.18 bits per heavy atom. The van der Waals surface area contributed by atoms with Crippen LogP contribution in [0.5, 0.6) is 5.75 Å². The normalized spacial score (nSPS) is 32.7. The summed E-state index contributed by atoms with van der Waals surface area (Å²) in [5.74, 6) is 2.10. The molecule has 1 fully saturated rings. The molecule has 0 heterocycles. The summed E-state index contributed by atoms with van der Waals surface area (Å²) in [5, 5.41) is 10.5. The van der Waals surface area contributed by atoms with Gasteiger partial charge in [0.1, 0.15) is 5.75 Å². The topological polar surface area (TPSA) is 20.2 Å². The highest BCUT2D eigenvalue weighted by Crippen LogP contribution is 2.58. The molecular weight excluding hydrogens is 268 g/mol. The van der Waals surface area contributed by atoms with E-state index in [1.165, 1.54) is 24.0 Å². The summed E-state index contributed by atoms with van der Waals surface area (Å²) in [7, 11) is 0. The Balaban J connectivity index is 2.16. The minimum Gasteiger partial charge on any atom is -0.508 e. The van der Waals surface area contributed by atoms with Gasteiger partial charge in [-0.15, -0.1) is 0 Å². The van der Waals surface area contributed by atoms with E-state index in [9.17, 15) is 5.11 Å². The first-order valence-electron chi connectivity index (χ1n) is 8.73. The molecule has 3 rings (SSSR count). The maximum absolute atomic E-state index is 10.5. The van der Waals surface area contributed by atoms with E-state index >= 15 is 0 Å². The van der Waals surface area contributed by atoms with Crippen LogP contribution in [0.2, 0.25) is 0 Å². The van der Waals surface area contributed by atoms with Crippen LogP contribution in [0.4, 0.5) is 0 Å². The molecule has 120 valence electrons. The lowest BCUT2D eigenvalue weighted by Gasteiger charge is -2.55. The van der Waals surface area contributed by atoms with E-state index in [-0.39, 0.29) is 5.41 Å². The fourth-order valence-electron chi connectivity index (χ4n) is 4.85. The van der Waals surface area contributed by atoms with Crippen molar-refractivity contribution in [2.75, 3.05) is 0 Å². The number of aromatic hydroxyl groups is 1. The van der Waals surface area contributed by atoms with E-state index in [0.29, 0.717) is 23.0 Å². The van der Waals surface area contributed by atoms with Crippen LogP contribution in [0.25, 0.3) is 6.08 Å². The molecule has 3 atom stereocenters. The molecule has 0 spiro atoms. The fraction of sp³-hybridized carbons (Fsp3) is 0.619. The number of hydrogen-bond acceptors (Lipinski definition) is 1. The van der Waals surface area contributed by atoms with Crippen LogP contribution in [0.3, 0.4) is 0 Å². The van der Waals surface area contributed by atoms with Crippen LogP contribution >= 0.6 is 0 Å². The molecule has 0 amide bonds. The first-order valence-corrected chi connectivity index (χ1v) is 8.73. The van der Waals surface area contributed by atoms with Gasteiger partial charge in [0.15, 0.2) is 0 Å². The Hall–Kier alpha value is -1.24. The highest BCUT2D eigenvalue weighted by molar-refractivity contribution is 5.64. The molecule has 0 saturated heterocycles. The van der Waals surface area contributed by atoms with Crippen molar-refractivity contribution in [1.29, 1.82) is 0 Å². The Morgan fingerprint density at radius 3 is 2.50 bits per heavy atom. The lowest BCUT2D eigenvalue weighted by Crippen LogP contribution is -2.49. The van der Waals surface area contributed by atoms with Gasteiger partial charge in [0.05, 0.1) is 0 Å². The summed E-state index contributed by atoms with van der Waals surface area (Å²) in [6, 6.07) is 4.27. The second kappa shape index (κ2) is 4.88. The second-order valence-corrected chi connectivity index (χ2v) is 8.67. The zero-order valence-corrected chi connectivity index (χ0v) is 14.9. The number of allylic oxidation sites excluding steroid dienone is 1. The van der Waals surface area contributed by atoms with Crippen molar-refractivity contribution in [2.45, 2.75) is 65.7 Å². The predicted octanol–water partition coefficient (Wildman–Crippen LogP) is 5.87. The third-order valence-electron chi connectivity index (χ3n) is 6.76. The van der Waals surface area contributed by atoms with Crippen molar-refractivity contribution in [1.82, 2.24) is 0 Å². The van der Waals surface area contributed by atoms with Gasteiger partial charge >= 0.3 is 0 Å². The van der Waals surface area contributed by atoms with Crippen molar-refractivity contribution in [3.05, 3.63) is 34.9 Å². The van der Waals surface area contributed by atoms with E-state index in [1.54, 1.807) is 0 Å². The highest BCUT2D eigenvalue weighted by atomic mass is 16.3. The van der Waals surface area contributed by atoms with Crippen LogP contribution in [-0.4, -0.2) is 5.11 Å². The zero-order valence-electron chi connectivity index (χ0n) is 14.9. The van der Waals surface area contributed by atoms with Crippen molar-refractivity contribution in [2.24, 2.45) is 17.3 Å². The Morgan fingerprint density at radius 2 is 1.86 bits per heavy atom. The molecule has 0 bridgehead atoms. The van der Waals surface area contributed by atoms with Gasteiger partial charge in [-0.1, -0.05) is 53.7 Å². The molecule has 22 heavy (non-hydrogen) atoms. The van der Waals surface area contributed by atoms with Crippen LogP contribution in [0.15, 0.2) is 18.2 Å². The molecule has 1 saturated carbocycles. The minimum atomic E-state index is 0.146. The quantitative estimate of drug-likeness (QED) is 0.687. The van der Waals surface area contributed by atoms with Crippen molar-refractivity contribution >= 4 is 6.08 Å². The largest absolute Gasteiger partial charge is 0.508 e. The summed E-state index contributed by atoms with van der Waals surface area (Å²) < 4.78 is 0. The summed E-state index contributed by atoms with van der Waals surface area (Å²) >= 11 is 0. The van der Waals surface area contributed by atoms with E-state index in [1.807, 2.05) is 0 Å². The number of rotatable bonds is 1. The minimum absolute atomic E-state index is 0.146. The summed E-state index contributed by atoms with van der Waals surface area (Å²) in [6.07, 6.45) is 7.21. The van der Waals surface area contributed by atoms with E-state index in [4.69, 9.17) is 0 Å². The maximum atomic E-state index is 10.5. The average molecular weight is 298 g/mol. The molecule has 0 aliphatic heterocycles. The molecular formula is C21H30O. The van der Waals surface area contributed by atoms with Crippen LogP contribution in [0.1, 0.15) is 77.0 Å². The van der Waals surface area contributed by atoms with Gasteiger partial charge in [0.25, 0.3) is 0 Å². The smallest absolute Gasteiger partial charge is 0.119 e. The lowest BCUT2D eigenvalue weighted by molar-refractivity contribution is 0.0350. The molecule has 0 aromatic heterocycles. The van der Waals surface area contributed by atoms with Gasteiger partial charge in [-0.3, -0.25) is 0 Å². The van der Waals surface area contributed by atoms with Gasteiger partial charge in [-0.05, 0) is 64.8 Å². The summed E-state index contributed by atoms with van der Waals surface area (Å²) in [4.78, 5) is 0. The van der Waals surface area contributed by atoms with Gasteiger partial charge in [0.2, 0.25) is 0 Å². The second-order valence-electron chi connectivity index (χ2n) is 8.67. The number of hydrogen-bond donors (Lipinski definition) is 1. The molecule has 1 nitrogen and oxygen atoms in total. The van der Waals surface area contributed by atoms with E-state index in [2.05, 4.69) is 65.8 Å². The molecule has 1 heteroatoms. The first kappa shape index (κ1) is 15.6. The summed E-state index contributed by atoms with van der Waals surface area (Å²) in [5.41, 5.74) is 4.17. The first-order chi connectivity index (χ1) is 10.2. The average Bonchev–Trinajstić information content (AvgIpc) is 2.43.